The number of carbonyl (C=O) groups excluding carboxylic acids is 1. The molecule has 0 heterocycles. The van der Waals surface area contributed by atoms with E-state index in [0.717, 1.165) is 50.2 Å². The molecule has 0 saturated heterocycles. The first-order valence-electron chi connectivity index (χ1n) is 9.32. The Kier molecular flexibility index (Phi) is 12.5. The first kappa shape index (κ1) is 21.4. The van der Waals surface area contributed by atoms with Crippen LogP contribution in [0.2, 0.25) is 0 Å². The standard InChI is InChI=1S/C18H39N2O2/c1-5-9-10-11-12-13-18(22)19(6-2)14-15-20(7-3,8-4)16-17-21/h21H,5-17H2,1-4H3/q+1. The van der Waals surface area contributed by atoms with Crippen LogP contribution in [0.3, 0.4) is 0 Å². The normalized spacial score (nSPS) is 11.7. The van der Waals surface area contributed by atoms with E-state index in [1.54, 1.807) is 0 Å². The summed E-state index contributed by atoms with van der Waals surface area (Å²) in [7, 11) is 0. The van der Waals surface area contributed by atoms with Gasteiger partial charge in [0.25, 0.3) is 0 Å². The Morgan fingerprint density at radius 3 is 2.09 bits per heavy atom. The number of hydrogen-bond acceptors (Lipinski definition) is 2. The smallest absolute Gasteiger partial charge is 0.222 e. The minimum absolute atomic E-state index is 0.221. The Morgan fingerprint density at radius 1 is 0.955 bits per heavy atom. The minimum atomic E-state index is 0.221. The summed E-state index contributed by atoms with van der Waals surface area (Å²) in [6, 6.07) is 0. The molecule has 0 aliphatic rings. The van der Waals surface area contributed by atoms with E-state index in [1.807, 2.05) is 4.90 Å². The number of nitrogens with zero attached hydrogens (tertiary/aromatic N) is 2. The van der Waals surface area contributed by atoms with Gasteiger partial charge in [-0.25, -0.2) is 0 Å². The molecule has 22 heavy (non-hydrogen) atoms. The third-order valence-electron chi connectivity index (χ3n) is 4.99. The van der Waals surface area contributed by atoms with E-state index < -0.39 is 0 Å². The predicted molar refractivity (Wildman–Crippen MR) is 93.8 cm³/mol. The van der Waals surface area contributed by atoms with Crippen molar-refractivity contribution in [2.45, 2.75) is 66.2 Å². The molecule has 0 bridgehead atoms. The van der Waals surface area contributed by atoms with Crippen molar-refractivity contribution < 1.29 is 14.4 Å². The van der Waals surface area contributed by atoms with Gasteiger partial charge in [0.2, 0.25) is 5.91 Å². The highest BCUT2D eigenvalue weighted by molar-refractivity contribution is 5.76. The summed E-state index contributed by atoms with van der Waals surface area (Å²) < 4.78 is 0.900. The highest BCUT2D eigenvalue weighted by Gasteiger charge is 2.24. The Bertz CT molecular complexity index is 278. The number of quaternary nitrogens is 1. The van der Waals surface area contributed by atoms with Gasteiger partial charge in [0, 0.05) is 13.0 Å². The maximum Gasteiger partial charge on any atom is 0.222 e. The van der Waals surface area contributed by atoms with Crippen molar-refractivity contribution in [3.8, 4) is 0 Å². The molecule has 0 atom stereocenters. The number of aliphatic hydroxyl groups is 1. The van der Waals surface area contributed by atoms with Crippen LogP contribution in [0.15, 0.2) is 0 Å². The van der Waals surface area contributed by atoms with Crippen molar-refractivity contribution in [1.29, 1.82) is 0 Å². The molecule has 1 N–H and O–H groups in total. The molecule has 0 aromatic carbocycles. The molecule has 0 radical (unpaired) electrons. The Labute approximate surface area is 138 Å². The summed E-state index contributed by atoms with van der Waals surface area (Å²) in [5.41, 5.74) is 0. The van der Waals surface area contributed by atoms with Crippen molar-refractivity contribution in [3.05, 3.63) is 0 Å². The van der Waals surface area contributed by atoms with E-state index in [9.17, 15) is 9.90 Å². The Morgan fingerprint density at radius 2 is 1.59 bits per heavy atom. The second-order valence-corrected chi connectivity index (χ2v) is 6.28. The molecule has 0 aliphatic carbocycles. The van der Waals surface area contributed by atoms with Crippen LogP contribution in [0.4, 0.5) is 0 Å². The highest BCUT2D eigenvalue weighted by atomic mass is 16.3. The van der Waals surface area contributed by atoms with Crippen molar-refractivity contribution in [3.63, 3.8) is 0 Å². The van der Waals surface area contributed by atoms with Gasteiger partial charge in [-0.2, -0.15) is 0 Å². The van der Waals surface area contributed by atoms with Gasteiger partial charge in [-0.3, -0.25) is 4.79 Å². The lowest BCUT2D eigenvalue weighted by molar-refractivity contribution is -0.924. The first-order valence-corrected chi connectivity index (χ1v) is 9.32. The van der Waals surface area contributed by atoms with Gasteiger partial charge in [0.15, 0.2) is 0 Å². The zero-order chi connectivity index (χ0) is 16.8. The molecule has 0 spiro atoms. The number of hydrogen-bond donors (Lipinski definition) is 1. The van der Waals surface area contributed by atoms with Crippen LogP contribution < -0.4 is 0 Å². The second-order valence-electron chi connectivity index (χ2n) is 6.28. The molecule has 0 aliphatic heterocycles. The molecule has 0 unspecified atom stereocenters. The van der Waals surface area contributed by atoms with Crippen molar-refractivity contribution >= 4 is 5.91 Å². The SMILES string of the molecule is CCCCCCCC(=O)N(CC)CC[N+](CC)(CC)CCO. The monoisotopic (exact) mass is 315 g/mol. The molecule has 0 saturated carbocycles. The number of amides is 1. The van der Waals surface area contributed by atoms with E-state index >= 15 is 0 Å². The first-order chi connectivity index (χ1) is 10.6. The number of carbonyl (C=O) groups is 1. The van der Waals surface area contributed by atoms with Crippen molar-refractivity contribution in [2.75, 3.05) is 45.9 Å². The van der Waals surface area contributed by atoms with E-state index in [0.29, 0.717) is 12.3 Å². The van der Waals surface area contributed by atoms with Crippen LogP contribution in [0.25, 0.3) is 0 Å². The predicted octanol–water partition coefficient (Wildman–Crippen LogP) is 3.04. The lowest BCUT2D eigenvalue weighted by Crippen LogP contribution is -2.53. The lowest BCUT2D eigenvalue weighted by Gasteiger charge is -2.38. The average Bonchev–Trinajstić information content (AvgIpc) is 2.54. The number of likely N-dealkylation sites (N-methyl/N-ethyl adjacent to an activating group) is 2. The highest BCUT2D eigenvalue weighted by Crippen LogP contribution is 2.09. The van der Waals surface area contributed by atoms with Crippen molar-refractivity contribution in [1.82, 2.24) is 4.90 Å². The number of aliphatic hydroxyl groups excluding tert-OH is 1. The van der Waals surface area contributed by atoms with Crippen LogP contribution >= 0.6 is 0 Å². The zero-order valence-electron chi connectivity index (χ0n) is 15.4. The summed E-state index contributed by atoms with van der Waals surface area (Å²) in [5.74, 6) is 0.299. The van der Waals surface area contributed by atoms with Gasteiger partial charge in [-0.1, -0.05) is 32.6 Å². The van der Waals surface area contributed by atoms with Gasteiger partial charge < -0.3 is 14.5 Å². The fourth-order valence-corrected chi connectivity index (χ4v) is 3.01. The van der Waals surface area contributed by atoms with Gasteiger partial charge in [0.1, 0.15) is 6.54 Å². The molecular weight excluding hydrogens is 276 g/mol. The number of unbranched alkanes of at least 4 members (excludes halogenated alkanes) is 4. The summed E-state index contributed by atoms with van der Waals surface area (Å²) in [5, 5.41) is 9.29. The van der Waals surface area contributed by atoms with Gasteiger partial charge in [-0.15, -0.1) is 0 Å². The van der Waals surface area contributed by atoms with Gasteiger partial charge in [-0.05, 0) is 27.2 Å². The van der Waals surface area contributed by atoms with E-state index in [2.05, 4.69) is 27.7 Å². The molecule has 132 valence electrons. The van der Waals surface area contributed by atoms with Crippen molar-refractivity contribution in [2.24, 2.45) is 0 Å². The molecule has 1 amide bonds. The summed E-state index contributed by atoms with van der Waals surface area (Å²) in [4.78, 5) is 14.3. The summed E-state index contributed by atoms with van der Waals surface area (Å²) in [6.45, 7) is 14.2. The molecule has 0 fully saturated rings. The second kappa shape index (κ2) is 12.9. The van der Waals surface area contributed by atoms with E-state index in [-0.39, 0.29) is 6.61 Å². The molecule has 0 aromatic rings. The zero-order valence-corrected chi connectivity index (χ0v) is 15.4. The van der Waals surface area contributed by atoms with E-state index in [4.69, 9.17) is 0 Å². The number of rotatable bonds is 14. The molecular formula is C18H39N2O2+. The molecule has 0 aromatic heterocycles. The molecule has 0 rings (SSSR count). The lowest BCUT2D eigenvalue weighted by atomic mass is 10.1. The van der Waals surface area contributed by atoms with Crippen LogP contribution in [0, 0.1) is 0 Å². The minimum Gasteiger partial charge on any atom is -0.391 e. The molecule has 4 nitrogen and oxygen atoms in total. The fraction of sp³-hybridized carbons (Fsp3) is 0.944. The van der Waals surface area contributed by atoms with E-state index in [1.165, 1.54) is 25.7 Å². The molecule has 4 heteroatoms. The van der Waals surface area contributed by atoms with Crippen LogP contribution in [0.5, 0.6) is 0 Å². The third kappa shape index (κ3) is 8.14. The quantitative estimate of drug-likeness (QED) is 0.395. The summed E-state index contributed by atoms with van der Waals surface area (Å²) in [6.07, 6.45) is 6.65. The third-order valence-corrected chi connectivity index (χ3v) is 4.99. The van der Waals surface area contributed by atoms with Gasteiger partial charge in [0.05, 0.1) is 32.8 Å². The maximum absolute atomic E-state index is 12.3. The average molecular weight is 316 g/mol. The summed E-state index contributed by atoms with van der Waals surface area (Å²) >= 11 is 0. The van der Waals surface area contributed by atoms with Crippen LogP contribution in [-0.2, 0) is 4.79 Å². The Balaban J connectivity index is 4.24. The van der Waals surface area contributed by atoms with Gasteiger partial charge >= 0.3 is 0 Å². The van der Waals surface area contributed by atoms with Crippen LogP contribution in [-0.4, -0.2) is 66.3 Å². The van der Waals surface area contributed by atoms with Crippen LogP contribution in [0.1, 0.15) is 66.2 Å². The largest absolute Gasteiger partial charge is 0.391 e. The fourth-order valence-electron chi connectivity index (χ4n) is 3.01. The maximum atomic E-state index is 12.3. The Hall–Kier alpha value is -0.610. The topological polar surface area (TPSA) is 40.5 Å².